The number of rotatable bonds is 4. The zero-order valence-corrected chi connectivity index (χ0v) is 10.6. The zero-order valence-electron chi connectivity index (χ0n) is 10.6. The fourth-order valence-electron chi connectivity index (χ4n) is 2.14. The maximum absolute atomic E-state index is 12.4. The number of carbonyl (C=O) groups excluding carboxylic acids is 2. The lowest BCUT2D eigenvalue weighted by atomic mass is 9.90. The van der Waals surface area contributed by atoms with Gasteiger partial charge in [-0.15, -0.1) is 0 Å². The van der Waals surface area contributed by atoms with Crippen LogP contribution in [0.15, 0.2) is 23.0 Å². The minimum absolute atomic E-state index is 0.126. The molecule has 0 aromatic carbocycles. The summed E-state index contributed by atoms with van der Waals surface area (Å²) >= 11 is 0. The van der Waals surface area contributed by atoms with Gasteiger partial charge in [-0.1, -0.05) is 0 Å². The van der Waals surface area contributed by atoms with Crippen molar-refractivity contribution in [1.82, 2.24) is 4.90 Å². The Morgan fingerprint density at radius 3 is 2.67 bits per heavy atom. The molecule has 18 heavy (non-hydrogen) atoms. The topological polar surface area (TPSA) is 59.8 Å². The van der Waals surface area contributed by atoms with E-state index in [9.17, 15) is 9.59 Å². The molecule has 5 nitrogen and oxygen atoms in total. The molecule has 1 aromatic heterocycles. The van der Waals surface area contributed by atoms with E-state index >= 15 is 0 Å². The Bertz CT molecular complexity index is 422. The van der Waals surface area contributed by atoms with Crippen LogP contribution in [0.5, 0.6) is 0 Å². The van der Waals surface area contributed by atoms with E-state index in [2.05, 4.69) is 0 Å². The molecular formula is C13H17NO4. The molecule has 1 atom stereocenters. The van der Waals surface area contributed by atoms with Gasteiger partial charge in [-0.25, -0.2) is 4.79 Å². The molecular weight excluding hydrogens is 234 g/mol. The number of hydrogen-bond donors (Lipinski definition) is 0. The Morgan fingerprint density at radius 1 is 1.50 bits per heavy atom. The van der Waals surface area contributed by atoms with Gasteiger partial charge in [-0.2, -0.15) is 0 Å². The van der Waals surface area contributed by atoms with Crippen LogP contribution in [0.25, 0.3) is 0 Å². The van der Waals surface area contributed by atoms with Crippen LogP contribution < -0.4 is 0 Å². The summed E-state index contributed by atoms with van der Waals surface area (Å²) in [6, 6.07) is 1.17. The number of nitrogens with zero attached hydrogens (tertiary/aromatic N) is 1. The second kappa shape index (κ2) is 5.25. The Morgan fingerprint density at radius 2 is 2.22 bits per heavy atom. The molecule has 1 saturated carbocycles. The second-order valence-electron chi connectivity index (χ2n) is 4.51. The zero-order chi connectivity index (χ0) is 13.1. The van der Waals surface area contributed by atoms with Gasteiger partial charge in [-0.3, -0.25) is 4.79 Å². The van der Waals surface area contributed by atoms with Gasteiger partial charge < -0.3 is 14.1 Å². The first-order valence-electron chi connectivity index (χ1n) is 6.08. The predicted octanol–water partition coefficient (Wildman–Crippen LogP) is 1.84. The van der Waals surface area contributed by atoms with Crippen LogP contribution in [-0.2, 0) is 9.53 Å². The summed E-state index contributed by atoms with van der Waals surface area (Å²) in [7, 11) is 1.33. The minimum atomic E-state index is -0.567. The van der Waals surface area contributed by atoms with Crippen LogP contribution in [-0.4, -0.2) is 36.0 Å². The molecule has 1 unspecified atom stereocenters. The molecule has 1 fully saturated rings. The van der Waals surface area contributed by atoms with Crippen molar-refractivity contribution in [3.05, 3.63) is 24.2 Å². The monoisotopic (exact) mass is 251 g/mol. The molecule has 1 heterocycles. The van der Waals surface area contributed by atoms with Crippen molar-refractivity contribution in [2.24, 2.45) is 0 Å². The van der Waals surface area contributed by atoms with Gasteiger partial charge in [0.05, 0.1) is 18.9 Å². The first kappa shape index (κ1) is 12.7. The van der Waals surface area contributed by atoms with Crippen LogP contribution in [0, 0.1) is 0 Å². The van der Waals surface area contributed by atoms with Crippen LogP contribution >= 0.6 is 0 Å². The molecule has 98 valence electrons. The quantitative estimate of drug-likeness (QED) is 0.766. The van der Waals surface area contributed by atoms with Crippen molar-refractivity contribution in [1.29, 1.82) is 0 Å². The van der Waals surface area contributed by atoms with Crippen molar-refractivity contribution in [2.45, 2.75) is 38.3 Å². The van der Waals surface area contributed by atoms with E-state index in [1.807, 2.05) is 0 Å². The van der Waals surface area contributed by atoms with Gasteiger partial charge in [0.15, 0.2) is 0 Å². The third kappa shape index (κ3) is 2.25. The number of methoxy groups -OCH3 is 1. The van der Waals surface area contributed by atoms with Gasteiger partial charge in [0, 0.05) is 6.04 Å². The van der Waals surface area contributed by atoms with Gasteiger partial charge in [0.2, 0.25) is 0 Å². The first-order valence-corrected chi connectivity index (χ1v) is 6.08. The number of ether oxygens (including phenoxy) is 1. The van der Waals surface area contributed by atoms with Crippen LogP contribution in [0.1, 0.15) is 36.5 Å². The molecule has 1 amide bonds. The van der Waals surface area contributed by atoms with E-state index in [-0.39, 0.29) is 11.9 Å². The van der Waals surface area contributed by atoms with Crippen molar-refractivity contribution in [3.8, 4) is 0 Å². The normalized spacial score (nSPS) is 16.8. The highest BCUT2D eigenvalue weighted by molar-refractivity contribution is 5.96. The number of amides is 1. The largest absolute Gasteiger partial charge is 0.472 e. The van der Waals surface area contributed by atoms with Gasteiger partial charge in [0.25, 0.3) is 5.91 Å². The van der Waals surface area contributed by atoms with E-state index in [1.165, 1.54) is 19.6 Å². The Balaban J connectivity index is 2.19. The fourth-order valence-corrected chi connectivity index (χ4v) is 2.14. The molecule has 0 aliphatic heterocycles. The average Bonchev–Trinajstić information content (AvgIpc) is 2.84. The van der Waals surface area contributed by atoms with Crippen LogP contribution in [0.2, 0.25) is 0 Å². The first-order chi connectivity index (χ1) is 8.65. The van der Waals surface area contributed by atoms with Gasteiger partial charge in [-0.05, 0) is 32.3 Å². The standard InChI is InChI=1S/C13H17NO4/c1-9(13(16)17-2)14(11-4-3-5-11)12(15)10-6-7-18-8-10/h6-9,11H,3-5H2,1-2H3. The molecule has 2 rings (SSSR count). The second-order valence-corrected chi connectivity index (χ2v) is 4.51. The van der Waals surface area contributed by atoms with E-state index in [0.717, 1.165) is 19.3 Å². The van der Waals surface area contributed by atoms with Crippen LogP contribution in [0.4, 0.5) is 0 Å². The third-order valence-corrected chi connectivity index (χ3v) is 3.43. The summed E-state index contributed by atoms with van der Waals surface area (Å²) in [6.45, 7) is 1.70. The van der Waals surface area contributed by atoms with E-state index in [4.69, 9.17) is 9.15 Å². The summed E-state index contributed by atoms with van der Waals surface area (Å²) in [4.78, 5) is 25.6. The molecule has 5 heteroatoms. The summed E-state index contributed by atoms with van der Waals surface area (Å²) in [5, 5.41) is 0. The van der Waals surface area contributed by atoms with Gasteiger partial charge in [0.1, 0.15) is 12.3 Å². The molecule has 0 saturated heterocycles. The van der Waals surface area contributed by atoms with Crippen molar-refractivity contribution in [3.63, 3.8) is 0 Å². The van der Waals surface area contributed by atoms with E-state index < -0.39 is 12.0 Å². The Labute approximate surface area is 106 Å². The molecule has 0 N–H and O–H groups in total. The smallest absolute Gasteiger partial charge is 0.328 e. The number of carbonyl (C=O) groups is 2. The molecule has 0 bridgehead atoms. The fraction of sp³-hybridized carbons (Fsp3) is 0.538. The van der Waals surface area contributed by atoms with Gasteiger partial charge >= 0.3 is 5.97 Å². The maximum atomic E-state index is 12.4. The van der Waals surface area contributed by atoms with E-state index in [1.54, 1.807) is 17.9 Å². The molecule has 1 aliphatic rings. The third-order valence-electron chi connectivity index (χ3n) is 3.43. The lowest BCUT2D eigenvalue weighted by molar-refractivity contribution is -0.146. The Hall–Kier alpha value is -1.78. The van der Waals surface area contributed by atoms with Crippen molar-refractivity contribution < 1.29 is 18.7 Å². The summed E-state index contributed by atoms with van der Waals surface area (Å²) in [5.74, 6) is -0.565. The molecule has 0 radical (unpaired) electrons. The van der Waals surface area contributed by atoms with Crippen molar-refractivity contribution in [2.75, 3.05) is 7.11 Å². The molecule has 0 spiro atoms. The summed E-state index contributed by atoms with van der Waals surface area (Å²) < 4.78 is 9.64. The summed E-state index contributed by atoms with van der Waals surface area (Å²) in [6.07, 6.45) is 5.82. The Kier molecular flexibility index (Phi) is 3.69. The molecule has 1 aliphatic carbocycles. The van der Waals surface area contributed by atoms with Crippen molar-refractivity contribution >= 4 is 11.9 Å². The highest BCUT2D eigenvalue weighted by Crippen LogP contribution is 2.28. The average molecular weight is 251 g/mol. The number of furan rings is 1. The van der Waals surface area contributed by atoms with Crippen LogP contribution in [0.3, 0.4) is 0 Å². The lowest BCUT2D eigenvalue weighted by Gasteiger charge is -2.40. The number of esters is 1. The molecule has 1 aromatic rings. The highest BCUT2D eigenvalue weighted by Gasteiger charge is 2.36. The summed E-state index contributed by atoms with van der Waals surface area (Å²) in [5.41, 5.74) is 0.470. The highest BCUT2D eigenvalue weighted by atomic mass is 16.5. The predicted molar refractivity (Wildman–Crippen MR) is 64.0 cm³/mol. The maximum Gasteiger partial charge on any atom is 0.328 e. The SMILES string of the molecule is COC(=O)C(C)N(C(=O)c1ccoc1)C1CCC1. The number of hydrogen-bond acceptors (Lipinski definition) is 4. The lowest BCUT2D eigenvalue weighted by Crippen LogP contribution is -2.52. The van der Waals surface area contributed by atoms with E-state index in [0.29, 0.717) is 5.56 Å². The minimum Gasteiger partial charge on any atom is -0.472 e.